The second kappa shape index (κ2) is 3.81. The van der Waals surface area contributed by atoms with E-state index in [1.165, 1.54) is 7.05 Å². The summed E-state index contributed by atoms with van der Waals surface area (Å²) in [5, 5.41) is 0. The first-order chi connectivity index (χ1) is 4.12. The molecule has 4 nitrogen and oxygen atoms in total. The molecule has 0 bridgehead atoms. The Balaban J connectivity index is 3.61. The number of nitrogens with two attached hydrogens (primary N) is 1. The lowest BCUT2D eigenvalue weighted by atomic mass is 10.5. The summed E-state index contributed by atoms with van der Waals surface area (Å²) in [6.07, 6.45) is 0.517. The van der Waals surface area contributed by atoms with Crippen molar-refractivity contribution in [3.8, 4) is 0 Å². The summed E-state index contributed by atoms with van der Waals surface area (Å²) in [5.74, 6) is 0.125. The molecule has 3 N–H and O–H groups in total. The maximum absolute atomic E-state index is 10.6. The van der Waals surface area contributed by atoms with E-state index >= 15 is 0 Å². The zero-order chi connectivity index (χ0) is 7.33. The first-order valence-electron chi connectivity index (χ1n) is 2.73. The summed E-state index contributed by atoms with van der Waals surface area (Å²) in [7, 11) is -1.62. The van der Waals surface area contributed by atoms with Gasteiger partial charge in [-0.2, -0.15) is 0 Å². The van der Waals surface area contributed by atoms with Gasteiger partial charge in [0.2, 0.25) is 10.0 Å². The summed E-state index contributed by atoms with van der Waals surface area (Å²) in [6, 6.07) is 0. The molecule has 0 atom stereocenters. The van der Waals surface area contributed by atoms with Crippen LogP contribution in [-0.2, 0) is 10.0 Å². The smallest absolute Gasteiger partial charge is 0.211 e. The Bertz CT molecular complexity index is 152. The van der Waals surface area contributed by atoms with Crippen molar-refractivity contribution in [2.24, 2.45) is 5.73 Å². The van der Waals surface area contributed by atoms with Crippen LogP contribution in [0.4, 0.5) is 0 Å². The molecule has 0 aromatic carbocycles. The summed E-state index contributed by atoms with van der Waals surface area (Å²) >= 11 is 0. The second-order valence-corrected chi connectivity index (χ2v) is 3.71. The first kappa shape index (κ1) is 8.87. The van der Waals surface area contributed by atoms with Crippen LogP contribution in [0.15, 0.2) is 0 Å². The molecule has 0 saturated carbocycles. The lowest BCUT2D eigenvalue weighted by Crippen LogP contribution is -2.23. The van der Waals surface area contributed by atoms with E-state index in [4.69, 9.17) is 5.73 Å². The molecule has 0 spiro atoms. The van der Waals surface area contributed by atoms with Crippen LogP contribution in [0, 0.1) is 0 Å². The molecule has 0 fully saturated rings. The molecule has 0 aliphatic heterocycles. The Morgan fingerprint density at radius 1 is 1.56 bits per heavy atom. The van der Waals surface area contributed by atoms with E-state index in [0.29, 0.717) is 13.0 Å². The van der Waals surface area contributed by atoms with Gasteiger partial charge in [0.1, 0.15) is 0 Å². The fourth-order valence-corrected chi connectivity index (χ4v) is 1.13. The summed E-state index contributed by atoms with van der Waals surface area (Å²) in [6.45, 7) is 0.418. The minimum Gasteiger partial charge on any atom is -0.330 e. The van der Waals surface area contributed by atoms with E-state index < -0.39 is 10.0 Å². The maximum Gasteiger partial charge on any atom is 0.211 e. The highest BCUT2D eigenvalue weighted by molar-refractivity contribution is 7.89. The Hall–Kier alpha value is -0.130. The highest BCUT2D eigenvalue weighted by atomic mass is 32.2. The molecule has 5 heteroatoms. The molecule has 0 aliphatic carbocycles. The lowest BCUT2D eigenvalue weighted by Gasteiger charge is -1.97. The standard InChI is InChI=1S/C4H12N2O2S/c1-6-9(7,8)4-2-3-5/h6H,2-5H2,1H3. The van der Waals surface area contributed by atoms with Crippen LogP contribution in [0.1, 0.15) is 6.42 Å². The van der Waals surface area contributed by atoms with Crippen LogP contribution in [-0.4, -0.2) is 27.8 Å². The number of rotatable bonds is 4. The Kier molecular flexibility index (Phi) is 3.76. The van der Waals surface area contributed by atoms with Crippen molar-refractivity contribution < 1.29 is 8.42 Å². The number of hydrogen-bond donors (Lipinski definition) is 2. The summed E-state index contributed by atoms with van der Waals surface area (Å²) < 4.78 is 23.4. The largest absolute Gasteiger partial charge is 0.330 e. The zero-order valence-corrected chi connectivity index (χ0v) is 6.24. The van der Waals surface area contributed by atoms with Crippen LogP contribution in [0.5, 0.6) is 0 Å². The number of hydrogen-bond acceptors (Lipinski definition) is 3. The molecule has 0 aliphatic rings. The van der Waals surface area contributed by atoms with Gasteiger partial charge >= 0.3 is 0 Å². The quantitative estimate of drug-likeness (QED) is 0.536. The predicted octanol–water partition coefficient (Wildman–Crippen LogP) is -1.12. The van der Waals surface area contributed by atoms with Crippen molar-refractivity contribution in [1.82, 2.24) is 4.72 Å². The minimum atomic E-state index is -3.01. The first-order valence-corrected chi connectivity index (χ1v) is 4.39. The van der Waals surface area contributed by atoms with Crippen LogP contribution in [0.25, 0.3) is 0 Å². The van der Waals surface area contributed by atoms with Gasteiger partial charge in [0.05, 0.1) is 5.75 Å². The van der Waals surface area contributed by atoms with E-state index in [1.807, 2.05) is 0 Å². The Morgan fingerprint density at radius 3 is 2.44 bits per heavy atom. The van der Waals surface area contributed by atoms with Crippen LogP contribution in [0.3, 0.4) is 0 Å². The van der Waals surface area contributed by atoms with Gasteiger partial charge in [0.15, 0.2) is 0 Å². The van der Waals surface area contributed by atoms with Crippen LogP contribution >= 0.6 is 0 Å². The third-order valence-electron chi connectivity index (χ3n) is 0.928. The van der Waals surface area contributed by atoms with Gasteiger partial charge in [-0.1, -0.05) is 0 Å². The maximum atomic E-state index is 10.6. The molecular weight excluding hydrogens is 140 g/mol. The molecule has 0 radical (unpaired) electrons. The van der Waals surface area contributed by atoms with Gasteiger partial charge in [0.25, 0.3) is 0 Å². The highest BCUT2D eigenvalue weighted by Gasteiger charge is 2.03. The third kappa shape index (κ3) is 4.38. The van der Waals surface area contributed by atoms with E-state index in [0.717, 1.165) is 0 Å². The molecular formula is C4H12N2O2S. The van der Waals surface area contributed by atoms with Crippen molar-refractivity contribution in [3.63, 3.8) is 0 Å². The van der Waals surface area contributed by atoms with Crippen molar-refractivity contribution >= 4 is 10.0 Å². The number of sulfonamides is 1. The molecule has 9 heavy (non-hydrogen) atoms. The van der Waals surface area contributed by atoms with Crippen molar-refractivity contribution in [2.45, 2.75) is 6.42 Å². The number of nitrogens with one attached hydrogen (secondary N) is 1. The summed E-state index contributed by atoms with van der Waals surface area (Å²) in [5.41, 5.74) is 5.10. The monoisotopic (exact) mass is 152 g/mol. The van der Waals surface area contributed by atoms with Crippen molar-refractivity contribution in [2.75, 3.05) is 19.3 Å². The Morgan fingerprint density at radius 2 is 2.11 bits per heavy atom. The molecule has 56 valence electrons. The van der Waals surface area contributed by atoms with Gasteiger partial charge in [-0.3, -0.25) is 0 Å². The van der Waals surface area contributed by atoms with Gasteiger partial charge in [-0.15, -0.1) is 0 Å². The van der Waals surface area contributed by atoms with Crippen molar-refractivity contribution in [3.05, 3.63) is 0 Å². The topological polar surface area (TPSA) is 72.2 Å². The van der Waals surface area contributed by atoms with Gasteiger partial charge < -0.3 is 5.73 Å². The normalized spacial score (nSPS) is 11.8. The SMILES string of the molecule is CNS(=O)(=O)CCCN. The predicted molar refractivity (Wildman–Crippen MR) is 36.5 cm³/mol. The molecule has 0 saturated heterocycles. The van der Waals surface area contributed by atoms with Gasteiger partial charge in [-0.05, 0) is 20.0 Å². The molecule has 0 amide bonds. The van der Waals surface area contributed by atoms with Gasteiger partial charge in [-0.25, -0.2) is 13.1 Å². The fourth-order valence-electron chi connectivity index (χ4n) is 0.375. The van der Waals surface area contributed by atoms with E-state index in [-0.39, 0.29) is 5.75 Å². The minimum absolute atomic E-state index is 0.125. The Labute approximate surface area is 55.5 Å². The third-order valence-corrected chi connectivity index (χ3v) is 2.38. The highest BCUT2D eigenvalue weighted by Crippen LogP contribution is 1.84. The average molecular weight is 152 g/mol. The lowest BCUT2D eigenvalue weighted by molar-refractivity contribution is 0.586. The van der Waals surface area contributed by atoms with Crippen molar-refractivity contribution in [1.29, 1.82) is 0 Å². The molecule has 0 heterocycles. The van der Waals surface area contributed by atoms with Crippen LogP contribution in [0.2, 0.25) is 0 Å². The molecule has 0 aromatic rings. The van der Waals surface area contributed by atoms with E-state index in [2.05, 4.69) is 4.72 Å². The fraction of sp³-hybridized carbons (Fsp3) is 1.00. The molecule has 0 rings (SSSR count). The average Bonchev–Trinajstić information content (AvgIpc) is 1.84. The van der Waals surface area contributed by atoms with Crippen LogP contribution < -0.4 is 10.5 Å². The zero-order valence-electron chi connectivity index (χ0n) is 5.42. The van der Waals surface area contributed by atoms with E-state index in [1.54, 1.807) is 0 Å². The van der Waals surface area contributed by atoms with Gasteiger partial charge in [0, 0.05) is 0 Å². The molecule has 0 aromatic heterocycles. The summed E-state index contributed by atoms with van der Waals surface area (Å²) in [4.78, 5) is 0. The second-order valence-electron chi connectivity index (χ2n) is 1.67. The van der Waals surface area contributed by atoms with E-state index in [9.17, 15) is 8.42 Å². The molecule has 0 unspecified atom stereocenters.